The Morgan fingerprint density at radius 1 is 1.18 bits per heavy atom. The zero-order valence-electron chi connectivity index (χ0n) is 7.55. The van der Waals surface area contributed by atoms with Crippen molar-refractivity contribution >= 4 is 11.8 Å². The summed E-state index contributed by atoms with van der Waals surface area (Å²) in [5.74, 6) is 1.28. The molecule has 0 unspecified atom stereocenters. The molecule has 1 fully saturated rings. The third-order valence-electron chi connectivity index (χ3n) is 2.21. The summed E-state index contributed by atoms with van der Waals surface area (Å²) in [5, 5.41) is 0. The maximum atomic E-state index is 2.55. The molecule has 1 aliphatic heterocycles. The molecule has 0 aromatic carbocycles. The summed E-state index contributed by atoms with van der Waals surface area (Å²) in [5.41, 5.74) is 0. The molecule has 0 atom stereocenters. The average Bonchev–Trinajstić information content (AvgIpc) is 2.04. The van der Waals surface area contributed by atoms with Gasteiger partial charge in [-0.2, -0.15) is 11.8 Å². The second-order valence-electron chi connectivity index (χ2n) is 3.14. The van der Waals surface area contributed by atoms with Gasteiger partial charge in [-0.1, -0.05) is 0 Å². The van der Waals surface area contributed by atoms with Crippen molar-refractivity contribution in [3.8, 4) is 0 Å². The van der Waals surface area contributed by atoms with Gasteiger partial charge in [-0.3, -0.25) is 4.90 Å². The van der Waals surface area contributed by atoms with Crippen molar-refractivity contribution in [2.24, 2.45) is 0 Å². The minimum atomic E-state index is 1.24. The monoisotopic (exact) mass is 174 g/mol. The Labute approximate surface area is 73.9 Å². The third kappa shape index (κ3) is 3.45. The van der Waals surface area contributed by atoms with Gasteiger partial charge in [-0.05, 0) is 13.3 Å². The molecule has 11 heavy (non-hydrogen) atoms. The molecule has 0 aromatic heterocycles. The Bertz CT molecular complexity index is 97.5. The van der Waals surface area contributed by atoms with Crippen molar-refractivity contribution in [1.82, 2.24) is 9.80 Å². The average molecular weight is 174 g/mol. The van der Waals surface area contributed by atoms with Gasteiger partial charge >= 0.3 is 0 Å². The fourth-order valence-electron chi connectivity index (χ4n) is 1.29. The number of nitrogens with zero attached hydrogens (tertiary/aromatic N) is 2. The van der Waals surface area contributed by atoms with Crippen LogP contribution in [-0.2, 0) is 0 Å². The van der Waals surface area contributed by atoms with Crippen molar-refractivity contribution in [2.75, 3.05) is 51.8 Å². The van der Waals surface area contributed by atoms with E-state index in [-0.39, 0.29) is 0 Å². The molecular formula is C8H18N2S. The molecule has 0 bridgehead atoms. The highest BCUT2D eigenvalue weighted by Crippen LogP contribution is 2.00. The van der Waals surface area contributed by atoms with E-state index in [0.717, 1.165) is 0 Å². The summed E-state index contributed by atoms with van der Waals surface area (Å²) in [6.07, 6.45) is 2.18. The van der Waals surface area contributed by atoms with E-state index in [1.807, 2.05) is 11.8 Å². The van der Waals surface area contributed by atoms with Gasteiger partial charge in [0.2, 0.25) is 0 Å². The zero-order valence-corrected chi connectivity index (χ0v) is 8.36. The second-order valence-corrected chi connectivity index (χ2v) is 4.12. The predicted octanol–water partition coefficient (Wildman–Crippen LogP) is 0.597. The maximum Gasteiger partial charge on any atom is 0.0110 e. The smallest absolute Gasteiger partial charge is 0.0110 e. The second kappa shape index (κ2) is 5.01. The van der Waals surface area contributed by atoms with Crippen LogP contribution in [0.5, 0.6) is 0 Å². The van der Waals surface area contributed by atoms with Crippen LogP contribution in [-0.4, -0.2) is 61.6 Å². The molecule has 0 N–H and O–H groups in total. The van der Waals surface area contributed by atoms with Crippen molar-refractivity contribution < 1.29 is 0 Å². The number of piperazine rings is 1. The zero-order chi connectivity index (χ0) is 8.10. The van der Waals surface area contributed by atoms with Gasteiger partial charge in [0, 0.05) is 38.5 Å². The molecule has 66 valence electrons. The highest BCUT2D eigenvalue weighted by Gasteiger charge is 2.11. The number of likely N-dealkylation sites (N-methyl/N-ethyl adjacent to an activating group) is 1. The topological polar surface area (TPSA) is 6.48 Å². The largest absolute Gasteiger partial charge is 0.304 e. The molecule has 2 nitrogen and oxygen atoms in total. The lowest BCUT2D eigenvalue weighted by Gasteiger charge is -2.32. The molecule has 0 aliphatic carbocycles. The van der Waals surface area contributed by atoms with E-state index in [2.05, 4.69) is 23.1 Å². The quantitative estimate of drug-likeness (QED) is 0.618. The summed E-state index contributed by atoms with van der Waals surface area (Å²) in [7, 11) is 2.20. The number of rotatable bonds is 3. The van der Waals surface area contributed by atoms with Crippen LogP contribution in [0, 0.1) is 0 Å². The summed E-state index contributed by atoms with van der Waals surface area (Å²) >= 11 is 1.94. The lowest BCUT2D eigenvalue weighted by molar-refractivity contribution is 0.161. The molecule has 1 saturated heterocycles. The highest BCUT2D eigenvalue weighted by atomic mass is 32.2. The molecule has 1 aliphatic rings. The van der Waals surface area contributed by atoms with Crippen molar-refractivity contribution in [1.29, 1.82) is 0 Å². The molecular weight excluding hydrogens is 156 g/mol. The van der Waals surface area contributed by atoms with Gasteiger partial charge in [0.25, 0.3) is 0 Å². The summed E-state index contributed by atoms with van der Waals surface area (Å²) in [4.78, 5) is 4.95. The van der Waals surface area contributed by atoms with E-state index in [1.165, 1.54) is 38.5 Å². The van der Waals surface area contributed by atoms with E-state index in [9.17, 15) is 0 Å². The first-order valence-electron chi connectivity index (χ1n) is 4.23. The summed E-state index contributed by atoms with van der Waals surface area (Å²) < 4.78 is 0. The Kier molecular flexibility index (Phi) is 4.26. The maximum absolute atomic E-state index is 2.55. The van der Waals surface area contributed by atoms with Crippen LogP contribution in [0.3, 0.4) is 0 Å². The van der Waals surface area contributed by atoms with Gasteiger partial charge in [0.15, 0.2) is 0 Å². The minimum Gasteiger partial charge on any atom is -0.304 e. The van der Waals surface area contributed by atoms with E-state index in [0.29, 0.717) is 0 Å². The van der Waals surface area contributed by atoms with Gasteiger partial charge in [-0.15, -0.1) is 0 Å². The van der Waals surface area contributed by atoms with Crippen LogP contribution in [0.4, 0.5) is 0 Å². The van der Waals surface area contributed by atoms with Gasteiger partial charge in [0.05, 0.1) is 0 Å². The first-order chi connectivity index (χ1) is 5.33. The SMILES string of the molecule is CSCCN1CCN(C)CC1. The first kappa shape index (κ1) is 9.36. The minimum absolute atomic E-state index is 1.24. The highest BCUT2D eigenvalue weighted by molar-refractivity contribution is 7.98. The van der Waals surface area contributed by atoms with Crippen molar-refractivity contribution in [3.63, 3.8) is 0 Å². The van der Waals surface area contributed by atoms with Gasteiger partial charge in [-0.25, -0.2) is 0 Å². The van der Waals surface area contributed by atoms with E-state index >= 15 is 0 Å². The van der Waals surface area contributed by atoms with E-state index in [1.54, 1.807) is 0 Å². The van der Waals surface area contributed by atoms with Crippen LogP contribution in [0.1, 0.15) is 0 Å². The molecule has 0 saturated carbocycles. The van der Waals surface area contributed by atoms with Crippen molar-refractivity contribution in [3.05, 3.63) is 0 Å². The predicted molar refractivity (Wildman–Crippen MR) is 52.3 cm³/mol. The normalized spacial score (nSPS) is 22.4. The Balaban J connectivity index is 2.07. The molecule has 0 spiro atoms. The molecule has 0 radical (unpaired) electrons. The number of hydrogen-bond donors (Lipinski definition) is 0. The Hall–Kier alpha value is 0.270. The van der Waals surface area contributed by atoms with E-state index in [4.69, 9.17) is 0 Å². The molecule has 0 aromatic rings. The van der Waals surface area contributed by atoms with Crippen LogP contribution in [0.15, 0.2) is 0 Å². The van der Waals surface area contributed by atoms with Crippen molar-refractivity contribution in [2.45, 2.75) is 0 Å². The van der Waals surface area contributed by atoms with Gasteiger partial charge < -0.3 is 4.90 Å². The third-order valence-corrected chi connectivity index (χ3v) is 2.80. The van der Waals surface area contributed by atoms with Crippen LogP contribution >= 0.6 is 11.8 Å². The molecule has 1 heterocycles. The fourth-order valence-corrected chi connectivity index (χ4v) is 1.73. The molecule has 1 rings (SSSR count). The van der Waals surface area contributed by atoms with Crippen LogP contribution in [0.25, 0.3) is 0 Å². The van der Waals surface area contributed by atoms with Gasteiger partial charge in [0.1, 0.15) is 0 Å². The molecule has 3 heteroatoms. The first-order valence-corrected chi connectivity index (χ1v) is 5.62. The lowest BCUT2D eigenvalue weighted by atomic mass is 10.3. The number of thioether (sulfide) groups is 1. The number of hydrogen-bond acceptors (Lipinski definition) is 3. The summed E-state index contributed by atoms with van der Waals surface area (Å²) in [6.45, 7) is 6.28. The standard InChI is InChI=1S/C8H18N2S/c1-9-3-5-10(6-4-9)7-8-11-2/h3-8H2,1-2H3. The van der Waals surface area contributed by atoms with E-state index < -0.39 is 0 Å². The fraction of sp³-hybridized carbons (Fsp3) is 1.00. The lowest BCUT2D eigenvalue weighted by Crippen LogP contribution is -2.45. The summed E-state index contributed by atoms with van der Waals surface area (Å²) in [6, 6.07) is 0. The Morgan fingerprint density at radius 3 is 2.36 bits per heavy atom. The van der Waals surface area contributed by atoms with Crippen LogP contribution < -0.4 is 0 Å². The Morgan fingerprint density at radius 2 is 1.82 bits per heavy atom. The molecule has 0 amide bonds. The van der Waals surface area contributed by atoms with Crippen LogP contribution in [0.2, 0.25) is 0 Å².